The number of nitrogens with one attached hydrogen (secondary N) is 2. The third-order valence-electron chi connectivity index (χ3n) is 4.73. The Balaban J connectivity index is 1.74. The lowest BCUT2D eigenvalue weighted by Gasteiger charge is -2.23. The fourth-order valence-electron chi connectivity index (χ4n) is 3.42. The molecule has 1 aliphatic rings. The van der Waals surface area contributed by atoms with Crippen molar-refractivity contribution in [3.63, 3.8) is 0 Å². The molecule has 0 spiro atoms. The summed E-state index contributed by atoms with van der Waals surface area (Å²) in [5.41, 5.74) is 5.10. The summed E-state index contributed by atoms with van der Waals surface area (Å²) in [6, 6.07) is 9.10. The molecule has 0 radical (unpaired) electrons. The highest BCUT2D eigenvalue weighted by Gasteiger charge is 2.30. The number of halogens is 3. The summed E-state index contributed by atoms with van der Waals surface area (Å²) in [4.78, 5) is 4.50. The molecule has 0 bridgehead atoms. The molecule has 0 unspecified atom stereocenters. The minimum Gasteiger partial charge on any atom is -0.355 e. The van der Waals surface area contributed by atoms with Gasteiger partial charge in [-0.25, -0.2) is 4.98 Å². The van der Waals surface area contributed by atoms with Crippen molar-refractivity contribution in [1.82, 2.24) is 14.9 Å². The molecular weight excluding hydrogens is 353 g/mol. The lowest BCUT2D eigenvalue weighted by Crippen LogP contribution is -2.24. The van der Waals surface area contributed by atoms with E-state index in [2.05, 4.69) is 21.7 Å². The number of nitrogens with zero attached hydrogens (tertiary/aromatic N) is 2. The normalized spacial score (nSPS) is 14.1. The van der Waals surface area contributed by atoms with E-state index in [1.807, 2.05) is 23.9 Å². The van der Waals surface area contributed by atoms with Crippen LogP contribution in [0.5, 0.6) is 0 Å². The van der Waals surface area contributed by atoms with Crippen molar-refractivity contribution in [2.45, 2.75) is 19.1 Å². The lowest BCUT2D eigenvalue weighted by atomic mass is 9.92. The zero-order valence-electron chi connectivity index (χ0n) is 14.8. The Morgan fingerprint density at radius 3 is 2.56 bits per heavy atom. The van der Waals surface area contributed by atoms with Crippen LogP contribution in [0.1, 0.15) is 16.7 Å². The molecule has 2 aromatic carbocycles. The molecule has 2 heterocycles. The van der Waals surface area contributed by atoms with E-state index in [1.54, 1.807) is 6.33 Å². The third-order valence-corrected chi connectivity index (χ3v) is 4.73. The van der Waals surface area contributed by atoms with Gasteiger partial charge in [-0.1, -0.05) is 6.07 Å². The van der Waals surface area contributed by atoms with Gasteiger partial charge in [-0.15, -0.1) is 0 Å². The number of imidazole rings is 1. The first kappa shape index (κ1) is 17.6. The average molecular weight is 372 g/mol. The summed E-state index contributed by atoms with van der Waals surface area (Å²) in [5.74, 6) is 0. The largest absolute Gasteiger partial charge is 0.416 e. The Bertz CT molecular complexity index is 958. The molecule has 0 saturated carbocycles. The van der Waals surface area contributed by atoms with Gasteiger partial charge in [-0.3, -0.25) is 0 Å². The number of hydrogen-bond donors (Lipinski definition) is 2. The van der Waals surface area contributed by atoms with Crippen LogP contribution >= 0.6 is 0 Å². The number of rotatable bonds is 3. The van der Waals surface area contributed by atoms with Crippen LogP contribution in [-0.2, 0) is 26.2 Å². The molecule has 7 heteroatoms. The number of alkyl halides is 3. The molecule has 0 amide bonds. The molecule has 2 N–H and O–H groups in total. The van der Waals surface area contributed by atoms with Gasteiger partial charge < -0.3 is 15.2 Å². The molecule has 0 fully saturated rings. The number of anilines is 2. The SMILES string of the molecule is Cn1cnc(-c2c(Nc3ccc(C(F)(F)F)cc3)ccc3c2CCNC3)c1. The zero-order chi connectivity index (χ0) is 19.0. The highest BCUT2D eigenvalue weighted by molar-refractivity contribution is 5.83. The Kier molecular flexibility index (Phi) is 4.39. The standard InChI is InChI=1S/C20H19F3N4/c1-27-11-18(25-12-27)19-16-8-9-24-10-13(16)2-7-17(19)26-15-5-3-14(4-6-15)20(21,22)23/h2-7,11-12,24,26H,8-10H2,1H3. The molecule has 0 saturated heterocycles. The number of benzene rings is 2. The van der Waals surface area contributed by atoms with Crippen LogP contribution in [0.25, 0.3) is 11.3 Å². The molecule has 4 nitrogen and oxygen atoms in total. The molecule has 4 rings (SSSR count). The third kappa shape index (κ3) is 3.55. The van der Waals surface area contributed by atoms with Crippen molar-refractivity contribution < 1.29 is 13.2 Å². The number of aromatic nitrogens is 2. The van der Waals surface area contributed by atoms with E-state index in [4.69, 9.17) is 0 Å². The highest BCUT2D eigenvalue weighted by Crippen LogP contribution is 2.37. The van der Waals surface area contributed by atoms with Gasteiger partial charge in [0.15, 0.2) is 0 Å². The van der Waals surface area contributed by atoms with Crippen molar-refractivity contribution >= 4 is 11.4 Å². The predicted octanol–water partition coefficient (Wildman–Crippen LogP) is 4.50. The van der Waals surface area contributed by atoms with Crippen LogP contribution in [0, 0.1) is 0 Å². The van der Waals surface area contributed by atoms with Crippen molar-refractivity contribution in [2.75, 3.05) is 11.9 Å². The maximum Gasteiger partial charge on any atom is 0.416 e. The highest BCUT2D eigenvalue weighted by atomic mass is 19.4. The summed E-state index contributed by atoms with van der Waals surface area (Å²) in [5, 5.41) is 6.63. The average Bonchev–Trinajstić information content (AvgIpc) is 3.07. The molecule has 0 aliphatic carbocycles. The summed E-state index contributed by atoms with van der Waals surface area (Å²) in [7, 11) is 1.91. The van der Waals surface area contributed by atoms with Crippen molar-refractivity contribution in [2.24, 2.45) is 7.05 Å². The second kappa shape index (κ2) is 6.74. The van der Waals surface area contributed by atoms with Gasteiger partial charge in [0.2, 0.25) is 0 Å². The van der Waals surface area contributed by atoms with Crippen molar-refractivity contribution in [3.05, 3.63) is 65.6 Å². The van der Waals surface area contributed by atoms with E-state index in [0.29, 0.717) is 5.69 Å². The number of fused-ring (bicyclic) bond motifs is 1. The Hall–Kier alpha value is -2.80. The first-order valence-corrected chi connectivity index (χ1v) is 8.70. The topological polar surface area (TPSA) is 41.9 Å². The number of aryl methyl sites for hydroxylation is 1. The van der Waals surface area contributed by atoms with Gasteiger partial charge in [-0.2, -0.15) is 13.2 Å². The summed E-state index contributed by atoms with van der Waals surface area (Å²) >= 11 is 0. The quantitative estimate of drug-likeness (QED) is 0.712. The van der Waals surface area contributed by atoms with Gasteiger partial charge in [0, 0.05) is 36.7 Å². The maximum atomic E-state index is 12.8. The van der Waals surface area contributed by atoms with E-state index < -0.39 is 11.7 Å². The Morgan fingerprint density at radius 2 is 1.89 bits per heavy atom. The fourth-order valence-corrected chi connectivity index (χ4v) is 3.42. The minimum absolute atomic E-state index is 0.606. The fraction of sp³-hybridized carbons (Fsp3) is 0.250. The molecule has 3 aromatic rings. The van der Waals surface area contributed by atoms with E-state index >= 15 is 0 Å². The van der Waals surface area contributed by atoms with E-state index in [9.17, 15) is 13.2 Å². The van der Waals surface area contributed by atoms with E-state index in [-0.39, 0.29) is 0 Å². The van der Waals surface area contributed by atoms with E-state index in [0.717, 1.165) is 48.6 Å². The van der Waals surface area contributed by atoms with Crippen molar-refractivity contribution in [3.8, 4) is 11.3 Å². The molecule has 27 heavy (non-hydrogen) atoms. The Labute approximate surface area is 155 Å². The van der Waals surface area contributed by atoms with Crippen LogP contribution in [0.4, 0.5) is 24.5 Å². The van der Waals surface area contributed by atoms with Gasteiger partial charge >= 0.3 is 6.18 Å². The summed E-state index contributed by atoms with van der Waals surface area (Å²) < 4.78 is 40.2. The number of hydrogen-bond acceptors (Lipinski definition) is 3. The van der Waals surface area contributed by atoms with Crippen LogP contribution in [0.2, 0.25) is 0 Å². The molecule has 1 aromatic heterocycles. The van der Waals surface area contributed by atoms with Gasteiger partial charge in [0.05, 0.1) is 17.6 Å². The van der Waals surface area contributed by atoms with Crippen LogP contribution < -0.4 is 10.6 Å². The predicted molar refractivity (Wildman–Crippen MR) is 98.8 cm³/mol. The second-order valence-electron chi connectivity index (χ2n) is 6.68. The lowest BCUT2D eigenvalue weighted by molar-refractivity contribution is -0.137. The smallest absolute Gasteiger partial charge is 0.355 e. The Morgan fingerprint density at radius 1 is 1.11 bits per heavy atom. The zero-order valence-corrected chi connectivity index (χ0v) is 14.8. The first-order valence-electron chi connectivity index (χ1n) is 8.70. The van der Waals surface area contributed by atoms with Crippen LogP contribution in [-0.4, -0.2) is 16.1 Å². The van der Waals surface area contributed by atoms with Gasteiger partial charge in [0.25, 0.3) is 0 Å². The molecule has 0 atom stereocenters. The molecule has 1 aliphatic heterocycles. The van der Waals surface area contributed by atoms with Crippen LogP contribution in [0.3, 0.4) is 0 Å². The maximum absolute atomic E-state index is 12.8. The monoisotopic (exact) mass is 372 g/mol. The first-order chi connectivity index (χ1) is 12.9. The summed E-state index contributed by atoms with van der Waals surface area (Å²) in [6.45, 7) is 1.69. The van der Waals surface area contributed by atoms with E-state index in [1.165, 1.54) is 23.3 Å². The van der Waals surface area contributed by atoms with Crippen LogP contribution in [0.15, 0.2) is 48.9 Å². The minimum atomic E-state index is -4.34. The van der Waals surface area contributed by atoms with Crippen molar-refractivity contribution in [1.29, 1.82) is 0 Å². The molecule has 140 valence electrons. The van der Waals surface area contributed by atoms with Gasteiger partial charge in [-0.05, 0) is 54.4 Å². The van der Waals surface area contributed by atoms with Gasteiger partial charge in [0.1, 0.15) is 0 Å². The molecular formula is C20H19F3N4. The summed E-state index contributed by atoms with van der Waals surface area (Å²) in [6.07, 6.45) is 0.244. The second-order valence-corrected chi connectivity index (χ2v) is 6.68.